The predicted octanol–water partition coefficient (Wildman–Crippen LogP) is 4.17. The van der Waals surface area contributed by atoms with Crippen molar-refractivity contribution in [2.45, 2.75) is 25.3 Å². The second-order valence-corrected chi connectivity index (χ2v) is 5.31. The number of phenols is 2. The Morgan fingerprint density at radius 3 is 2.27 bits per heavy atom. The Hall–Kier alpha value is -2.20. The summed E-state index contributed by atoms with van der Waals surface area (Å²) in [4.78, 5) is 13.8. The average molecular weight is 320 g/mol. The molecule has 1 atom stereocenters. The number of anilines is 1. The second kappa shape index (κ2) is 7.18. The van der Waals surface area contributed by atoms with Crippen molar-refractivity contribution in [3.63, 3.8) is 0 Å². The summed E-state index contributed by atoms with van der Waals surface area (Å²) >= 11 is 6.45. The summed E-state index contributed by atoms with van der Waals surface area (Å²) in [7, 11) is 0. The van der Waals surface area contributed by atoms with Crippen LogP contribution < -0.4 is 4.90 Å². The van der Waals surface area contributed by atoms with E-state index < -0.39 is 5.50 Å². The van der Waals surface area contributed by atoms with E-state index >= 15 is 0 Å². The number of aromatic hydroxyl groups is 2. The van der Waals surface area contributed by atoms with Gasteiger partial charge in [-0.25, -0.2) is 0 Å². The zero-order valence-corrected chi connectivity index (χ0v) is 13.0. The molecule has 0 spiro atoms. The summed E-state index contributed by atoms with van der Waals surface area (Å²) in [5.41, 5.74) is -0.172. The minimum Gasteiger partial charge on any atom is -0.508 e. The number of carbonyl (C=O) groups is 1. The van der Waals surface area contributed by atoms with Crippen LogP contribution in [0.3, 0.4) is 0 Å². The quantitative estimate of drug-likeness (QED) is 0.642. The lowest BCUT2D eigenvalue weighted by Gasteiger charge is -2.29. The van der Waals surface area contributed by atoms with E-state index in [-0.39, 0.29) is 17.4 Å². The molecule has 2 aromatic rings. The van der Waals surface area contributed by atoms with Gasteiger partial charge in [0, 0.05) is 12.0 Å². The van der Waals surface area contributed by atoms with Crippen LogP contribution in [0.4, 0.5) is 5.69 Å². The summed E-state index contributed by atoms with van der Waals surface area (Å²) in [6, 6.07) is 13.1. The van der Waals surface area contributed by atoms with Gasteiger partial charge in [0.2, 0.25) is 5.91 Å². The molecule has 5 heteroatoms. The first kappa shape index (κ1) is 16.2. The minimum absolute atomic E-state index is 0.00668. The first-order valence-electron chi connectivity index (χ1n) is 7.08. The largest absolute Gasteiger partial charge is 0.508 e. The van der Waals surface area contributed by atoms with Gasteiger partial charge >= 0.3 is 0 Å². The normalized spacial score (nSPS) is 11.9. The Morgan fingerprint density at radius 2 is 1.68 bits per heavy atom. The highest BCUT2D eigenvalue weighted by molar-refractivity contribution is 6.24. The molecule has 0 heterocycles. The molecule has 2 rings (SSSR count). The lowest BCUT2D eigenvalue weighted by atomic mass is 10.1. The average Bonchev–Trinajstić information content (AvgIpc) is 2.50. The maximum absolute atomic E-state index is 12.5. The van der Waals surface area contributed by atoms with Crippen LogP contribution in [0, 0.1) is 0 Å². The second-order valence-electron chi connectivity index (χ2n) is 4.90. The van der Waals surface area contributed by atoms with Gasteiger partial charge in [0.25, 0.3) is 0 Å². The van der Waals surface area contributed by atoms with Crippen molar-refractivity contribution in [1.82, 2.24) is 0 Å². The van der Waals surface area contributed by atoms with Gasteiger partial charge in [-0.2, -0.15) is 0 Å². The number of nitrogens with zero attached hydrogens (tertiary/aromatic N) is 1. The third kappa shape index (κ3) is 3.34. The molecule has 4 nitrogen and oxygen atoms in total. The third-order valence-corrected chi connectivity index (χ3v) is 3.72. The molecule has 0 radical (unpaired) electrons. The van der Waals surface area contributed by atoms with Gasteiger partial charge in [-0.1, -0.05) is 48.9 Å². The fraction of sp³-hybridized carbons (Fsp3) is 0.235. The Bertz CT molecular complexity index is 660. The maximum Gasteiger partial charge on any atom is 0.228 e. The molecule has 0 fully saturated rings. The molecule has 0 bridgehead atoms. The Balaban J connectivity index is 2.47. The number of amides is 1. The van der Waals surface area contributed by atoms with Crippen LogP contribution in [0.1, 0.15) is 30.8 Å². The van der Waals surface area contributed by atoms with E-state index in [9.17, 15) is 15.0 Å². The molecule has 0 aromatic heterocycles. The van der Waals surface area contributed by atoms with Gasteiger partial charge in [0.15, 0.2) is 0 Å². The predicted molar refractivity (Wildman–Crippen MR) is 87.2 cm³/mol. The fourth-order valence-electron chi connectivity index (χ4n) is 2.21. The van der Waals surface area contributed by atoms with E-state index in [0.29, 0.717) is 24.1 Å². The molecule has 0 aliphatic carbocycles. The number of carbonyl (C=O) groups excluding carboxylic acids is 1. The molecule has 2 aromatic carbocycles. The number of hydrogen-bond acceptors (Lipinski definition) is 3. The van der Waals surface area contributed by atoms with Crippen LogP contribution in [0.5, 0.6) is 11.5 Å². The highest BCUT2D eigenvalue weighted by Crippen LogP contribution is 2.39. The van der Waals surface area contributed by atoms with Gasteiger partial charge in [0.05, 0.1) is 5.69 Å². The summed E-state index contributed by atoms with van der Waals surface area (Å²) in [6.07, 6.45) is 0.957. The number of benzene rings is 2. The van der Waals surface area contributed by atoms with E-state index in [0.717, 1.165) is 0 Å². The summed E-state index contributed by atoms with van der Waals surface area (Å²) < 4.78 is 0. The van der Waals surface area contributed by atoms with Gasteiger partial charge in [-0.3, -0.25) is 9.69 Å². The Labute approximate surface area is 134 Å². The standard InChI is InChI=1S/C17H18ClNO3/c1-2-7-16(22)19(13-9-4-6-11-15(13)21)17(18)12-8-3-5-10-14(12)20/h3-6,8-11,17,20-21H,2,7H2,1H3. The van der Waals surface area contributed by atoms with Crippen LogP contribution in [0.25, 0.3) is 0 Å². The zero-order chi connectivity index (χ0) is 16.1. The lowest BCUT2D eigenvalue weighted by Crippen LogP contribution is -2.32. The number of halogens is 1. The third-order valence-electron chi connectivity index (χ3n) is 3.29. The molecule has 22 heavy (non-hydrogen) atoms. The lowest BCUT2D eigenvalue weighted by molar-refractivity contribution is -0.118. The number of para-hydroxylation sites is 3. The van der Waals surface area contributed by atoms with Crippen molar-refractivity contribution in [3.05, 3.63) is 54.1 Å². The van der Waals surface area contributed by atoms with Gasteiger partial charge in [0.1, 0.15) is 17.0 Å². The van der Waals surface area contributed by atoms with Crippen LogP contribution in [0.15, 0.2) is 48.5 Å². The van der Waals surface area contributed by atoms with Crippen LogP contribution >= 0.6 is 11.6 Å². The van der Waals surface area contributed by atoms with E-state index in [1.165, 1.54) is 17.0 Å². The van der Waals surface area contributed by atoms with Gasteiger partial charge in [-0.05, 0) is 24.6 Å². The summed E-state index contributed by atoms with van der Waals surface area (Å²) in [5.74, 6) is -0.243. The van der Waals surface area contributed by atoms with E-state index in [2.05, 4.69) is 0 Å². The molecule has 1 amide bonds. The van der Waals surface area contributed by atoms with Crippen molar-refractivity contribution in [2.75, 3.05) is 4.90 Å². The number of phenolic OH excluding ortho intramolecular Hbond substituents is 2. The van der Waals surface area contributed by atoms with Gasteiger partial charge in [-0.15, -0.1) is 0 Å². The SMILES string of the molecule is CCCC(=O)N(c1ccccc1O)C(Cl)c1ccccc1O. The first-order valence-corrected chi connectivity index (χ1v) is 7.52. The maximum atomic E-state index is 12.5. The van der Waals surface area contributed by atoms with E-state index in [1.54, 1.807) is 36.4 Å². The Kier molecular flexibility index (Phi) is 5.28. The monoisotopic (exact) mass is 319 g/mol. The number of hydrogen-bond donors (Lipinski definition) is 2. The van der Waals surface area contributed by atoms with Crippen molar-refractivity contribution in [3.8, 4) is 11.5 Å². The van der Waals surface area contributed by atoms with Crippen LogP contribution in [-0.2, 0) is 4.79 Å². The number of rotatable bonds is 5. The number of alkyl halides is 1. The molecule has 116 valence electrons. The zero-order valence-electron chi connectivity index (χ0n) is 12.2. The summed E-state index contributed by atoms with van der Waals surface area (Å²) in [5, 5.41) is 20.0. The molecule has 1 unspecified atom stereocenters. The smallest absolute Gasteiger partial charge is 0.228 e. The van der Waals surface area contributed by atoms with Crippen molar-refractivity contribution < 1.29 is 15.0 Å². The van der Waals surface area contributed by atoms with E-state index in [4.69, 9.17) is 11.6 Å². The molecule has 0 saturated heterocycles. The molecular formula is C17H18ClNO3. The van der Waals surface area contributed by atoms with Crippen LogP contribution in [-0.4, -0.2) is 16.1 Å². The Morgan fingerprint density at radius 1 is 1.09 bits per heavy atom. The fourth-order valence-corrected chi connectivity index (χ4v) is 2.61. The minimum atomic E-state index is -0.909. The van der Waals surface area contributed by atoms with Gasteiger partial charge < -0.3 is 10.2 Å². The molecule has 0 aliphatic heterocycles. The first-order chi connectivity index (χ1) is 10.6. The topological polar surface area (TPSA) is 60.8 Å². The molecule has 0 aliphatic rings. The molecule has 0 saturated carbocycles. The summed E-state index contributed by atoms with van der Waals surface area (Å²) in [6.45, 7) is 1.89. The van der Waals surface area contributed by atoms with Crippen molar-refractivity contribution in [2.24, 2.45) is 0 Å². The highest BCUT2D eigenvalue weighted by atomic mass is 35.5. The van der Waals surface area contributed by atoms with Crippen molar-refractivity contribution in [1.29, 1.82) is 0 Å². The molecule has 2 N–H and O–H groups in total. The highest BCUT2D eigenvalue weighted by Gasteiger charge is 2.28. The van der Waals surface area contributed by atoms with E-state index in [1.807, 2.05) is 6.92 Å². The molecular weight excluding hydrogens is 302 g/mol. The van der Waals surface area contributed by atoms with Crippen LogP contribution in [0.2, 0.25) is 0 Å². The van der Waals surface area contributed by atoms with Crippen molar-refractivity contribution >= 4 is 23.2 Å².